The van der Waals surface area contributed by atoms with Gasteiger partial charge in [0.15, 0.2) is 5.13 Å². The summed E-state index contributed by atoms with van der Waals surface area (Å²) in [6.45, 7) is 5.35. The molecule has 0 fully saturated rings. The van der Waals surface area contributed by atoms with Crippen molar-refractivity contribution in [2.75, 3.05) is 25.0 Å². The van der Waals surface area contributed by atoms with Crippen LogP contribution in [0.3, 0.4) is 0 Å². The van der Waals surface area contributed by atoms with E-state index in [1.165, 1.54) is 29.0 Å². The van der Waals surface area contributed by atoms with Crippen LogP contribution in [0.4, 0.5) is 15.3 Å². The van der Waals surface area contributed by atoms with Crippen molar-refractivity contribution < 1.29 is 14.3 Å². The van der Waals surface area contributed by atoms with E-state index in [1.807, 2.05) is 30.3 Å². The summed E-state index contributed by atoms with van der Waals surface area (Å²) in [6, 6.07) is 10.1. The first-order valence-corrected chi connectivity index (χ1v) is 13.4. The molecule has 192 valence electrons. The summed E-state index contributed by atoms with van der Waals surface area (Å²) >= 11 is 1.54. The molecule has 3 aromatic heterocycles. The minimum atomic E-state index is -0.760. The largest absolute Gasteiger partial charge is 0.480 e. The van der Waals surface area contributed by atoms with Crippen LogP contribution in [0.25, 0.3) is 22.5 Å². The van der Waals surface area contributed by atoms with E-state index < -0.39 is 12.0 Å². The number of halogens is 1. The minimum absolute atomic E-state index is 0.265. The fraction of sp³-hybridized carbons (Fsp3) is 0.321. The third-order valence-corrected chi connectivity index (χ3v) is 7.88. The van der Waals surface area contributed by atoms with Crippen molar-refractivity contribution in [1.29, 1.82) is 0 Å². The molecule has 5 rings (SSSR count). The summed E-state index contributed by atoms with van der Waals surface area (Å²) in [5, 5.41) is 12.3. The number of fused-ring (bicyclic) bond motifs is 1. The van der Waals surface area contributed by atoms with Crippen LogP contribution >= 0.6 is 11.3 Å². The van der Waals surface area contributed by atoms with Crippen molar-refractivity contribution in [3.8, 4) is 11.3 Å². The zero-order chi connectivity index (χ0) is 26.1. The first-order valence-electron chi connectivity index (χ1n) is 12.5. The fourth-order valence-electron chi connectivity index (χ4n) is 4.94. The van der Waals surface area contributed by atoms with Gasteiger partial charge in [0, 0.05) is 37.3 Å². The number of anilines is 2. The van der Waals surface area contributed by atoms with E-state index in [1.54, 1.807) is 12.1 Å². The standard InChI is InChI=1S/C28H30FN5O2S/c1-4-22-26(32(3)28-31-23(17-37-28)19-6-9-21(29)10-7-19)34-16-20(8-11-25(34)30-22)18-12-14-33(15-13-18)24(5-2)27(35)36/h6-12,16-17,24H,4-5,13-15H2,1-3H3,(H,35,36). The van der Waals surface area contributed by atoms with Crippen LogP contribution in [0.1, 0.15) is 37.9 Å². The molecule has 4 aromatic rings. The molecule has 0 saturated carbocycles. The molecule has 0 bridgehead atoms. The monoisotopic (exact) mass is 519 g/mol. The number of benzene rings is 1. The third-order valence-electron chi connectivity index (χ3n) is 6.96. The Kier molecular flexibility index (Phi) is 7.08. The van der Waals surface area contributed by atoms with Crippen molar-refractivity contribution in [2.24, 2.45) is 0 Å². The Bertz CT molecular complexity index is 1460. The van der Waals surface area contributed by atoms with Crippen LogP contribution in [0.5, 0.6) is 0 Å². The molecule has 1 aliphatic heterocycles. The molecule has 9 heteroatoms. The van der Waals surface area contributed by atoms with Crippen LogP contribution in [-0.2, 0) is 11.2 Å². The molecule has 0 aliphatic carbocycles. The maximum atomic E-state index is 13.4. The van der Waals surface area contributed by atoms with Crippen molar-refractivity contribution in [3.63, 3.8) is 0 Å². The van der Waals surface area contributed by atoms with Crippen LogP contribution < -0.4 is 4.90 Å². The van der Waals surface area contributed by atoms with Gasteiger partial charge in [0.25, 0.3) is 0 Å². The van der Waals surface area contributed by atoms with E-state index in [-0.39, 0.29) is 5.82 Å². The number of imidazole rings is 1. The van der Waals surface area contributed by atoms with E-state index in [0.717, 1.165) is 58.5 Å². The van der Waals surface area contributed by atoms with Crippen LogP contribution in [-0.4, -0.2) is 56.5 Å². The predicted octanol–water partition coefficient (Wildman–Crippen LogP) is 5.88. The topological polar surface area (TPSA) is 74.0 Å². The number of carboxylic acids is 1. The van der Waals surface area contributed by atoms with E-state index in [9.17, 15) is 14.3 Å². The van der Waals surface area contributed by atoms with Crippen molar-refractivity contribution in [3.05, 3.63) is 71.1 Å². The second-order valence-corrected chi connectivity index (χ2v) is 10.0. The lowest BCUT2D eigenvalue weighted by Gasteiger charge is -2.31. The predicted molar refractivity (Wildman–Crippen MR) is 146 cm³/mol. The van der Waals surface area contributed by atoms with Crippen LogP contribution in [0, 0.1) is 5.82 Å². The quantitative estimate of drug-likeness (QED) is 0.313. The van der Waals surface area contributed by atoms with Gasteiger partial charge in [0.2, 0.25) is 0 Å². The smallest absolute Gasteiger partial charge is 0.320 e. The minimum Gasteiger partial charge on any atom is -0.480 e. The van der Waals surface area contributed by atoms with Gasteiger partial charge in [-0.15, -0.1) is 11.3 Å². The second-order valence-electron chi connectivity index (χ2n) is 9.20. The van der Waals surface area contributed by atoms with Crippen molar-refractivity contribution >= 4 is 39.5 Å². The van der Waals surface area contributed by atoms with Gasteiger partial charge in [-0.05, 0) is 66.8 Å². The van der Waals surface area contributed by atoms with Gasteiger partial charge in [-0.2, -0.15) is 0 Å². The molecule has 1 aromatic carbocycles. The fourth-order valence-corrected chi connectivity index (χ4v) is 5.75. The number of carbonyl (C=O) groups is 1. The highest BCUT2D eigenvalue weighted by molar-refractivity contribution is 7.14. The number of aryl methyl sites for hydroxylation is 1. The lowest BCUT2D eigenvalue weighted by Crippen LogP contribution is -2.42. The average Bonchev–Trinajstić information content (AvgIpc) is 3.54. The number of pyridine rings is 1. The summed E-state index contributed by atoms with van der Waals surface area (Å²) in [5.41, 5.74) is 5.85. The number of hydrogen-bond donors (Lipinski definition) is 1. The van der Waals surface area contributed by atoms with Gasteiger partial charge < -0.3 is 10.0 Å². The molecule has 0 radical (unpaired) electrons. The molecular formula is C28H30FN5O2S. The van der Waals surface area contributed by atoms with Crippen molar-refractivity contribution in [1.82, 2.24) is 19.3 Å². The van der Waals surface area contributed by atoms with Crippen LogP contribution in [0.2, 0.25) is 0 Å². The Morgan fingerprint density at radius 1 is 1.16 bits per heavy atom. The number of carboxylic acid groups (broad SMARTS) is 1. The summed E-state index contributed by atoms with van der Waals surface area (Å²) < 4.78 is 15.5. The molecule has 0 amide bonds. The summed E-state index contributed by atoms with van der Waals surface area (Å²) in [4.78, 5) is 25.4. The summed E-state index contributed by atoms with van der Waals surface area (Å²) in [5.74, 6) is -0.0589. The number of hydrogen-bond acceptors (Lipinski definition) is 6. The molecule has 1 unspecified atom stereocenters. The number of nitrogens with zero attached hydrogens (tertiary/aromatic N) is 5. The molecule has 1 atom stereocenters. The first-order chi connectivity index (χ1) is 17.9. The molecular weight excluding hydrogens is 489 g/mol. The zero-order valence-electron chi connectivity index (χ0n) is 21.2. The maximum absolute atomic E-state index is 13.4. The van der Waals surface area contributed by atoms with E-state index >= 15 is 0 Å². The van der Waals surface area contributed by atoms with Gasteiger partial charge in [-0.1, -0.05) is 19.9 Å². The molecule has 0 saturated heterocycles. The Labute approximate surface area is 219 Å². The Hall–Kier alpha value is -3.56. The molecule has 1 N–H and O–H groups in total. The van der Waals surface area contributed by atoms with E-state index in [0.29, 0.717) is 13.0 Å². The van der Waals surface area contributed by atoms with Gasteiger partial charge in [-0.25, -0.2) is 14.4 Å². The number of rotatable bonds is 8. The number of aliphatic carboxylic acids is 1. The Morgan fingerprint density at radius 3 is 2.57 bits per heavy atom. The highest BCUT2D eigenvalue weighted by atomic mass is 32.1. The summed E-state index contributed by atoms with van der Waals surface area (Å²) in [6.07, 6.45) is 6.43. The number of aromatic nitrogens is 3. The third kappa shape index (κ3) is 4.89. The highest BCUT2D eigenvalue weighted by Gasteiger charge is 2.26. The summed E-state index contributed by atoms with van der Waals surface area (Å²) in [7, 11) is 2.00. The van der Waals surface area contributed by atoms with Gasteiger partial charge in [0.1, 0.15) is 23.3 Å². The van der Waals surface area contributed by atoms with Gasteiger partial charge in [0.05, 0.1) is 11.4 Å². The lowest BCUT2D eigenvalue weighted by atomic mass is 9.99. The highest BCUT2D eigenvalue weighted by Crippen LogP contribution is 2.34. The second kappa shape index (κ2) is 10.4. The Morgan fingerprint density at radius 2 is 1.92 bits per heavy atom. The molecule has 7 nitrogen and oxygen atoms in total. The van der Waals surface area contributed by atoms with Gasteiger partial charge in [-0.3, -0.25) is 14.1 Å². The molecule has 1 aliphatic rings. The van der Waals surface area contributed by atoms with Gasteiger partial charge >= 0.3 is 5.97 Å². The SMILES string of the molecule is CCc1nc2ccc(C3=CCN(C(CC)C(=O)O)CC3)cn2c1N(C)c1nc(-c2ccc(F)cc2)cs1. The average molecular weight is 520 g/mol. The normalized spacial score (nSPS) is 15.1. The maximum Gasteiger partial charge on any atom is 0.320 e. The molecule has 4 heterocycles. The lowest BCUT2D eigenvalue weighted by molar-refractivity contribution is -0.143. The first kappa shape index (κ1) is 25.1. The zero-order valence-corrected chi connectivity index (χ0v) is 22.0. The number of thiazole rings is 1. The van der Waals surface area contributed by atoms with Crippen LogP contribution in [0.15, 0.2) is 54.1 Å². The Balaban J connectivity index is 1.46. The van der Waals surface area contributed by atoms with Crippen molar-refractivity contribution in [2.45, 2.75) is 39.2 Å². The van der Waals surface area contributed by atoms with E-state index in [4.69, 9.17) is 9.97 Å². The molecule has 0 spiro atoms. The molecule has 37 heavy (non-hydrogen) atoms. The van der Waals surface area contributed by atoms with E-state index in [2.05, 4.69) is 34.6 Å².